The number of hydrogen-bond acceptors (Lipinski definition) is 4. The summed E-state index contributed by atoms with van der Waals surface area (Å²) in [4.78, 5) is 25.6. The standard InChI is InChI=1S/C13H13N5O2/c1-17-6-8(14)12(16-17)13(20)18-7-11(19)15-9-4-2-3-5-10(9)18/h2-6H,7,14H2,1H3,(H,15,19). The highest BCUT2D eigenvalue weighted by Gasteiger charge is 2.29. The highest BCUT2D eigenvalue weighted by Crippen LogP contribution is 2.30. The first kappa shape index (κ1) is 12.2. The monoisotopic (exact) mass is 271 g/mol. The minimum atomic E-state index is -0.384. The average Bonchev–Trinajstić information content (AvgIpc) is 2.76. The molecule has 0 saturated heterocycles. The molecule has 0 saturated carbocycles. The Morgan fingerprint density at radius 2 is 2.15 bits per heavy atom. The number of nitrogens with two attached hydrogens (primary N) is 1. The van der Waals surface area contributed by atoms with E-state index in [2.05, 4.69) is 10.4 Å². The van der Waals surface area contributed by atoms with Crippen molar-refractivity contribution in [1.82, 2.24) is 9.78 Å². The van der Waals surface area contributed by atoms with E-state index in [0.29, 0.717) is 17.1 Å². The molecule has 102 valence electrons. The molecule has 3 N–H and O–H groups in total. The number of para-hydroxylation sites is 2. The first-order valence-corrected chi connectivity index (χ1v) is 6.06. The van der Waals surface area contributed by atoms with Gasteiger partial charge in [-0.05, 0) is 12.1 Å². The number of carbonyl (C=O) groups is 2. The molecule has 0 aliphatic carbocycles. The fraction of sp³-hybridized carbons (Fsp3) is 0.154. The number of nitrogens with one attached hydrogen (secondary N) is 1. The third kappa shape index (κ3) is 1.89. The van der Waals surface area contributed by atoms with Crippen LogP contribution in [-0.2, 0) is 11.8 Å². The number of fused-ring (bicyclic) bond motifs is 1. The van der Waals surface area contributed by atoms with E-state index in [0.717, 1.165) is 0 Å². The Balaban J connectivity index is 2.04. The third-order valence-corrected chi connectivity index (χ3v) is 3.08. The number of nitrogen functional groups attached to an aromatic ring is 1. The smallest absolute Gasteiger partial charge is 0.281 e. The van der Waals surface area contributed by atoms with Crippen molar-refractivity contribution >= 4 is 28.9 Å². The summed E-state index contributed by atoms with van der Waals surface area (Å²) in [5.41, 5.74) is 7.46. The molecule has 0 spiro atoms. The third-order valence-electron chi connectivity index (χ3n) is 3.08. The quantitative estimate of drug-likeness (QED) is 0.794. The lowest BCUT2D eigenvalue weighted by atomic mass is 10.1. The van der Waals surface area contributed by atoms with E-state index in [9.17, 15) is 9.59 Å². The molecule has 0 bridgehead atoms. The van der Waals surface area contributed by atoms with E-state index < -0.39 is 0 Å². The van der Waals surface area contributed by atoms with Gasteiger partial charge in [-0.3, -0.25) is 19.2 Å². The molecule has 0 radical (unpaired) electrons. The van der Waals surface area contributed by atoms with Crippen molar-refractivity contribution < 1.29 is 9.59 Å². The Bertz CT molecular complexity index is 707. The molecule has 0 fully saturated rings. The predicted molar refractivity (Wildman–Crippen MR) is 74.4 cm³/mol. The van der Waals surface area contributed by atoms with Crippen LogP contribution in [0.4, 0.5) is 17.1 Å². The second kappa shape index (κ2) is 4.37. The summed E-state index contributed by atoms with van der Waals surface area (Å²) in [5, 5.41) is 6.78. The first-order chi connectivity index (χ1) is 9.56. The minimum Gasteiger partial charge on any atom is -0.396 e. The van der Waals surface area contributed by atoms with Crippen LogP contribution in [0.25, 0.3) is 0 Å². The van der Waals surface area contributed by atoms with Crippen LogP contribution in [0.2, 0.25) is 0 Å². The van der Waals surface area contributed by atoms with Crippen molar-refractivity contribution in [2.75, 3.05) is 22.5 Å². The van der Waals surface area contributed by atoms with Crippen LogP contribution in [0.5, 0.6) is 0 Å². The van der Waals surface area contributed by atoms with Crippen LogP contribution in [0.15, 0.2) is 30.5 Å². The fourth-order valence-electron chi connectivity index (χ4n) is 2.22. The highest BCUT2D eigenvalue weighted by atomic mass is 16.2. The maximum absolute atomic E-state index is 12.5. The van der Waals surface area contributed by atoms with E-state index in [1.54, 1.807) is 37.5 Å². The van der Waals surface area contributed by atoms with E-state index in [4.69, 9.17) is 5.73 Å². The molecular weight excluding hydrogens is 258 g/mol. The molecule has 1 aromatic heterocycles. The number of rotatable bonds is 1. The summed E-state index contributed by atoms with van der Waals surface area (Å²) in [5.74, 6) is -0.628. The summed E-state index contributed by atoms with van der Waals surface area (Å²) in [6, 6.07) is 7.11. The molecule has 2 aromatic rings. The number of benzene rings is 1. The van der Waals surface area contributed by atoms with E-state index >= 15 is 0 Å². The van der Waals surface area contributed by atoms with Crippen molar-refractivity contribution in [2.45, 2.75) is 0 Å². The van der Waals surface area contributed by atoms with Gasteiger partial charge in [-0.2, -0.15) is 5.10 Å². The van der Waals surface area contributed by atoms with Crippen LogP contribution >= 0.6 is 0 Å². The molecule has 7 heteroatoms. The molecule has 3 rings (SSSR count). The van der Waals surface area contributed by atoms with Crippen LogP contribution < -0.4 is 16.0 Å². The molecule has 1 aliphatic rings. The van der Waals surface area contributed by atoms with Gasteiger partial charge >= 0.3 is 0 Å². The molecular formula is C13H13N5O2. The zero-order chi connectivity index (χ0) is 14.3. The van der Waals surface area contributed by atoms with E-state index in [1.165, 1.54) is 9.58 Å². The van der Waals surface area contributed by atoms with Crippen LogP contribution in [0, 0.1) is 0 Å². The summed E-state index contributed by atoms with van der Waals surface area (Å²) >= 11 is 0. The maximum Gasteiger partial charge on any atom is 0.281 e. The van der Waals surface area contributed by atoms with Gasteiger partial charge in [0.05, 0.1) is 17.1 Å². The lowest BCUT2D eigenvalue weighted by molar-refractivity contribution is -0.115. The summed E-state index contributed by atoms with van der Waals surface area (Å²) < 4.78 is 1.47. The lowest BCUT2D eigenvalue weighted by Crippen LogP contribution is -2.42. The second-order valence-corrected chi connectivity index (χ2v) is 4.56. The molecule has 0 unspecified atom stereocenters. The SMILES string of the molecule is Cn1cc(N)c(C(=O)N2CC(=O)Nc3ccccc32)n1. The van der Waals surface area contributed by atoms with Gasteiger partial charge < -0.3 is 11.1 Å². The van der Waals surface area contributed by atoms with Crippen molar-refractivity contribution in [2.24, 2.45) is 7.05 Å². The van der Waals surface area contributed by atoms with Gasteiger partial charge in [0.1, 0.15) is 6.54 Å². The van der Waals surface area contributed by atoms with Gasteiger partial charge in [0.2, 0.25) is 5.91 Å². The van der Waals surface area contributed by atoms with Crippen LogP contribution in [-0.4, -0.2) is 28.1 Å². The van der Waals surface area contributed by atoms with E-state index in [1.807, 2.05) is 0 Å². The molecule has 2 amide bonds. The number of hydrogen-bond donors (Lipinski definition) is 2. The van der Waals surface area contributed by atoms with E-state index in [-0.39, 0.29) is 24.1 Å². The first-order valence-electron chi connectivity index (χ1n) is 6.06. The normalized spacial score (nSPS) is 13.8. The maximum atomic E-state index is 12.5. The lowest BCUT2D eigenvalue weighted by Gasteiger charge is -2.28. The number of nitrogens with zero attached hydrogens (tertiary/aromatic N) is 3. The van der Waals surface area contributed by atoms with Crippen molar-refractivity contribution in [3.05, 3.63) is 36.2 Å². The average molecular weight is 271 g/mol. The van der Waals surface area contributed by atoms with Crippen molar-refractivity contribution in [3.8, 4) is 0 Å². The zero-order valence-corrected chi connectivity index (χ0v) is 10.8. The van der Waals surface area contributed by atoms with Gasteiger partial charge in [-0.1, -0.05) is 12.1 Å². The van der Waals surface area contributed by atoms with Gasteiger partial charge in [-0.15, -0.1) is 0 Å². The Kier molecular flexibility index (Phi) is 2.67. The Hall–Kier alpha value is -2.83. The molecule has 1 aromatic carbocycles. The number of anilines is 3. The van der Waals surface area contributed by atoms with Gasteiger partial charge in [0, 0.05) is 13.2 Å². The molecule has 0 atom stereocenters. The zero-order valence-electron chi connectivity index (χ0n) is 10.8. The minimum absolute atomic E-state index is 0.0497. The van der Waals surface area contributed by atoms with Gasteiger partial charge in [-0.25, -0.2) is 0 Å². The van der Waals surface area contributed by atoms with Gasteiger partial charge in [0.25, 0.3) is 5.91 Å². The second-order valence-electron chi connectivity index (χ2n) is 4.56. The Labute approximate surface area is 115 Å². The molecule has 20 heavy (non-hydrogen) atoms. The predicted octanol–water partition coefficient (Wildman–Crippen LogP) is 0.601. The largest absolute Gasteiger partial charge is 0.396 e. The number of amides is 2. The van der Waals surface area contributed by atoms with Crippen LogP contribution in [0.1, 0.15) is 10.5 Å². The Morgan fingerprint density at radius 3 is 2.85 bits per heavy atom. The van der Waals surface area contributed by atoms with Crippen LogP contribution in [0.3, 0.4) is 0 Å². The van der Waals surface area contributed by atoms with Gasteiger partial charge in [0.15, 0.2) is 5.69 Å². The highest BCUT2D eigenvalue weighted by molar-refractivity contribution is 6.15. The number of aromatic nitrogens is 2. The summed E-state index contributed by atoms with van der Waals surface area (Å²) in [6.07, 6.45) is 1.56. The Morgan fingerprint density at radius 1 is 1.40 bits per heavy atom. The fourth-order valence-corrected chi connectivity index (χ4v) is 2.22. The topological polar surface area (TPSA) is 93.2 Å². The van der Waals surface area contributed by atoms with Crippen molar-refractivity contribution in [3.63, 3.8) is 0 Å². The molecule has 2 heterocycles. The summed E-state index contributed by atoms with van der Waals surface area (Å²) in [7, 11) is 1.68. The van der Waals surface area contributed by atoms with Crippen molar-refractivity contribution in [1.29, 1.82) is 0 Å². The number of carbonyl (C=O) groups excluding carboxylic acids is 2. The molecule has 1 aliphatic heterocycles. The number of aryl methyl sites for hydroxylation is 1. The molecule has 7 nitrogen and oxygen atoms in total. The summed E-state index contributed by atoms with van der Waals surface area (Å²) in [6.45, 7) is -0.0497.